The van der Waals surface area contributed by atoms with E-state index in [9.17, 15) is 4.79 Å². The molecule has 1 aliphatic heterocycles. The maximum Gasteiger partial charge on any atom is 0.236 e. The van der Waals surface area contributed by atoms with Crippen molar-refractivity contribution in [3.8, 4) is 11.5 Å². The molecule has 1 aromatic carbocycles. The Morgan fingerprint density at radius 1 is 1.28 bits per heavy atom. The van der Waals surface area contributed by atoms with Crippen LogP contribution in [0.25, 0.3) is 0 Å². The van der Waals surface area contributed by atoms with Gasteiger partial charge in [0.1, 0.15) is 13.2 Å². The van der Waals surface area contributed by atoms with Gasteiger partial charge in [-0.3, -0.25) is 4.79 Å². The van der Waals surface area contributed by atoms with Crippen molar-refractivity contribution in [2.45, 2.75) is 43.6 Å². The maximum absolute atomic E-state index is 12.3. The molecule has 1 amide bonds. The van der Waals surface area contributed by atoms with Crippen molar-refractivity contribution in [1.29, 1.82) is 0 Å². The first kappa shape index (κ1) is 18.4. The van der Waals surface area contributed by atoms with Gasteiger partial charge in [-0.15, -0.1) is 0 Å². The number of benzene rings is 1. The average Bonchev–Trinajstić information content (AvgIpc) is 3.14. The predicted molar refractivity (Wildman–Crippen MR) is 102 cm³/mol. The van der Waals surface area contributed by atoms with E-state index in [2.05, 4.69) is 17.4 Å². The molecule has 0 unspecified atom stereocenters. The highest BCUT2D eigenvalue weighted by atomic mass is 32.2. The van der Waals surface area contributed by atoms with Crippen LogP contribution in [0, 0.1) is 0 Å². The average molecular weight is 365 g/mol. The summed E-state index contributed by atoms with van der Waals surface area (Å²) in [5, 5.41) is 3.11. The van der Waals surface area contributed by atoms with Gasteiger partial charge in [-0.05, 0) is 49.0 Å². The number of rotatable bonds is 7. The number of hydrogen-bond donors (Lipinski definition) is 2. The molecule has 1 aromatic rings. The van der Waals surface area contributed by atoms with Crippen LogP contribution in [0.1, 0.15) is 37.7 Å². The van der Waals surface area contributed by atoms with E-state index in [0.29, 0.717) is 26.2 Å². The number of carbonyl (C=O) groups is 1. The van der Waals surface area contributed by atoms with Gasteiger partial charge >= 0.3 is 0 Å². The lowest BCUT2D eigenvalue weighted by molar-refractivity contribution is -0.122. The molecule has 1 heterocycles. The number of amides is 1. The Labute approximate surface area is 154 Å². The molecule has 1 aliphatic carbocycles. The highest BCUT2D eigenvalue weighted by Gasteiger charge is 2.37. The second-order valence-electron chi connectivity index (χ2n) is 6.95. The van der Waals surface area contributed by atoms with Crippen molar-refractivity contribution >= 4 is 17.7 Å². The van der Waals surface area contributed by atoms with Crippen LogP contribution in [0.5, 0.6) is 11.5 Å². The Balaban J connectivity index is 1.70. The second-order valence-corrected chi connectivity index (χ2v) is 7.94. The Morgan fingerprint density at radius 3 is 2.72 bits per heavy atom. The molecular formula is C19H28N2O3S. The van der Waals surface area contributed by atoms with E-state index in [1.165, 1.54) is 18.4 Å². The van der Waals surface area contributed by atoms with Gasteiger partial charge in [0.25, 0.3) is 0 Å². The van der Waals surface area contributed by atoms with E-state index in [0.717, 1.165) is 30.1 Å². The number of thioether (sulfide) groups is 1. The molecule has 0 spiro atoms. The molecule has 5 nitrogen and oxygen atoms in total. The third-order valence-corrected chi connectivity index (χ3v) is 5.93. The number of hydrogen-bond acceptors (Lipinski definition) is 5. The maximum atomic E-state index is 12.3. The van der Waals surface area contributed by atoms with Crippen LogP contribution < -0.4 is 20.5 Å². The molecule has 0 saturated heterocycles. The monoisotopic (exact) mass is 364 g/mol. The minimum atomic E-state index is -0.425. The molecule has 1 atom stereocenters. The van der Waals surface area contributed by atoms with E-state index in [1.54, 1.807) is 11.8 Å². The van der Waals surface area contributed by atoms with Gasteiger partial charge in [0.2, 0.25) is 5.91 Å². The quantitative estimate of drug-likeness (QED) is 0.777. The Bertz CT molecular complexity index is 602. The SMILES string of the molecule is CSCC[C@H](N)C(=O)NCC1(c2ccc3c(c2)OCCO3)CCCC1. The van der Waals surface area contributed by atoms with Gasteiger partial charge in [-0.2, -0.15) is 11.8 Å². The third-order valence-electron chi connectivity index (χ3n) is 5.29. The molecule has 6 heteroatoms. The zero-order chi connectivity index (χ0) is 17.7. The lowest BCUT2D eigenvalue weighted by Crippen LogP contribution is -2.46. The van der Waals surface area contributed by atoms with Crippen molar-refractivity contribution in [2.75, 3.05) is 31.8 Å². The fraction of sp³-hybridized carbons (Fsp3) is 0.632. The molecule has 1 saturated carbocycles. The summed E-state index contributed by atoms with van der Waals surface area (Å²) in [6, 6.07) is 5.79. The minimum absolute atomic E-state index is 0.0231. The van der Waals surface area contributed by atoms with Crippen LogP contribution in [0.3, 0.4) is 0 Å². The summed E-state index contributed by atoms with van der Waals surface area (Å²) in [5.41, 5.74) is 7.20. The molecule has 25 heavy (non-hydrogen) atoms. The highest BCUT2D eigenvalue weighted by molar-refractivity contribution is 7.98. The van der Waals surface area contributed by atoms with E-state index >= 15 is 0 Å². The molecule has 3 N–H and O–H groups in total. The number of nitrogens with one attached hydrogen (secondary N) is 1. The van der Waals surface area contributed by atoms with Gasteiger partial charge in [0, 0.05) is 12.0 Å². The Morgan fingerprint density at radius 2 is 2.00 bits per heavy atom. The lowest BCUT2D eigenvalue weighted by Gasteiger charge is -2.31. The van der Waals surface area contributed by atoms with Crippen LogP contribution in [-0.2, 0) is 10.2 Å². The second kappa shape index (κ2) is 8.32. The summed E-state index contributed by atoms with van der Waals surface area (Å²) in [6.07, 6.45) is 7.26. The first-order valence-corrected chi connectivity index (χ1v) is 10.5. The number of nitrogens with two attached hydrogens (primary N) is 1. The molecule has 0 bridgehead atoms. The zero-order valence-electron chi connectivity index (χ0n) is 14.9. The van der Waals surface area contributed by atoms with Gasteiger partial charge in [0.05, 0.1) is 6.04 Å². The largest absolute Gasteiger partial charge is 0.486 e. The summed E-state index contributed by atoms with van der Waals surface area (Å²) in [7, 11) is 0. The highest BCUT2D eigenvalue weighted by Crippen LogP contribution is 2.43. The van der Waals surface area contributed by atoms with Gasteiger partial charge in [-0.1, -0.05) is 18.9 Å². The Hall–Kier alpha value is -1.40. The summed E-state index contributed by atoms with van der Waals surface area (Å²) in [4.78, 5) is 12.3. The van der Waals surface area contributed by atoms with Crippen LogP contribution in [-0.4, -0.2) is 43.7 Å². The van der Waals surface area contributed by atoms with Crippen LogP contribution in [0.2, 0.25) is 0 Å². The van der Waals surface area contributed by atoms with Crippen molar-refractivity contribution in [2.24, 2.45) is 5.73 Å². The smallest absolute Gasteiger partial charge is 0.236 e. The number of carbonyl (C=O) groups excluding carboxylic acids is 1. The fourth-order valence-electron chi connectivity index (χ4n) is 3.76. The minimum Gasteiger partial charge on any atom is -0.486 e. The summed E-state index contributed by atoms with van der Waals surface area (Å²) in [5.74, 6) is 2.49. The normalized spacial score (nSPS) is 19.4. The van der Waals surface area contributed by atoms with E-state index in [1.807, 2.05) is 12.3 Å². The summed E-state index contributed by atoms with van der Waals surface area (Å²) >= 11 is 1.71. The van der Waals surface area contributed by atoms with Crippen LogP contribution in [0.4, 0.5) is 0 Å². The molecule has 2 aliphatic rings. The Kier molecular flexibility index (Phi) is 6.12. The zero-order valence-corrected chi connectivity index (χ0v) is 15.7. The molecule has 0 aromatic heterocycles. The lowest BCUT2D eigenvalue weighted by atomic mass is 9.78. The first-order valence-electron chi connectivity index (χ1n) is 9.07. The predicted octanol–water partition coefficient (Wildman–Crippen LogP) is 2.47. The standard InChI is InChI=1S/C19H28N2O3S/c1-25-11-6-15(20)18(22)21-13-19(7-2-3-8-19)14-4-5-16-17(12-14)24-10-9-23-16/h4-5,12,15H,2-3,6-11,13,20H2,1H3,(H,21,22)/t15-/m0/s1. The summed E-state index contributed by atoms with van der Waals surface area (Å²) < 4.78 is 11.4. The number of ether oxygens (including phenoxy) is 2. The fourth-order valence-corrected chi connectivity index (χ4v) is 4.25. The summed E-state index contributed by atoms with van der Waals surface area (Å²) in [6.45, 7) is 1.82. The van der Waals surface area contributed by atoms with Crippen LogP contribution >= 0.6 is 11.8 Å². The molecular weight excluding hydrogens is 336 g/mol. The number of fused-ring (bicyclic) bond motifs is 1. The van der Waals surface area contributed by atoms with Crippen LogP contribution in [0.15, 0.2) is 18.2 Å². The first-order chi connectivity index (χ1) is 12.1. The van der Waals surface area contributed by atoms with E-state index < -0.39 is 6.04 Å². The van der Waals surface area contributed by atoms with Crippen molar-refractivity contribution in [1.82, 2.24) is 5.32 Å². The van der Waals surface area contributed by atoms with Gasteiger partial charge < -0.3 is 20.5 Å². The topological polar surface area (TPSA) is 73.6 Å². The molecule has 1 fully saturated rings. The molecule has 3 rings (SSSR count). The van der Waals surface area contributed by atoms with E-state index in [4.69, 9.17) is 15.2 Å². The van der Waals surface area contributed by atoms with E-state index in [-0.39, 0.29) is 11.3 Å². The van der Waals surface area contributed by atoms with Crippen molar-refractivity contribution in [3.63, 3.8) is 0 Å². The van der Waals surface area contributed by atoms with Gasteiger partial charge in [0.15, 0.2) is 11.5 Å². The molecule has 138 valence electrons. The van der Waals surface area contributed by atoms with Crippen molar-refractivity contribution in [3.05, 3.63) is 23.8 Å². The van der Waals surface area contributed by atoms with Crippen molar-refractivity contribution < 1.29 is 14.3 Å². The third kappa shape index (κ3) is 4.23. The molecule has 0 radical (unpaired) electrons. The van der Waals surface area contributed by atoms with Gasteiger partial charge in [-0.25, -0.2) is 0 Å².